The molecule has 0 saturated heterocycles. The van der Waals surface area contributed by atoms with Gasteiger partial charge in [0.2, 0.25) is 10.0 Å². The number of hydrogen-bond donors (Lipinski definition) is 2. The molecule has 1 aromatic carbocycles. The number of aromatic nitrogens is 1. The molecule has 0 unspecified atom stereocenters. The Morgan fingerprint density at radius 1 is 1.39 bits per heavy atom. The lowest BCUT2D eigenvalue weighted by atomic mass is 10.2. The van der Waals surface area contributed by atoms with Crippen molar-refractivity contribution in [3.8, 4) is 0 Å². The molecule has 98 valence electrons. The molecule has 1 atom stereocenters. The number of aliphatic hydroxyl groups is 1. The van der Waals surface area contributed by atoms with E-state index in [0.29, 0.717) is 5.52 Å². The summed E-state index contributed by atoms with van der Waals surface area (Å²) in [6, 6.07) is 7.00. The minimum Gasteiger partial charge on any atom is -0.392 e. The number of nitrogens with one attached hydrogen (secondary N) is 1. The summed E-state index contributed by atoms with van der Waals surface area (Å²) in [6.45, 7) is 1.54. The van der Waals surface area contributed by atoms with E-state index < -0.39 is 16.1 Å². The van der Waals surface area contributed by atoms with Crippen LogP contribution in [-0.2, 0) is 17.1 Å². The van der Waals surface area contributed by atoms with Crippen molar-refractivity contribution in [3.63, 3.8) is 0 Å². The lowest BCUT2D eigenvalue weighted by molar-refractivity contribution is 0.198. The molecule has 0 fully saturated rings. The molecule has 0 spiro atoms. The van der Waals surface area contributed by atoms with E-state index in [4.69, 9.17) is 5.11 Å². The number of hydrogen-bond acceptors (Lipinski definition) is 3. The van der Waals surface area contributed by atoms with Crippen molar-refractivity contribution in [2.75, 3.05) is 6.54 Å². The van der Waals surface area contributed by atoms with Crippen LogP contribution in [0.3, 0.4) is 0 Å². The number of rotatable bonds is 4. The predicted octanol–water partition coefficient (Wildman–Crippen LogP) is 0.837. The number of benzene rings is 1. The smallest absolute Gasteiger partial charge is 0.242 e. The molecule has 0 saturated carbocycles. The molecule has 18 heavy (non-hydrogen) atoms. The Bertz CT molecular complexity index is 659. The Hall–Kier alpha value is -1.37. The molecule has 6 heteroatoms. The van der Waals surface area contributed by atoms with E-state index in [1.807, 2.05) is 18.3 Å². The maximum absolute atomic E-state index is 12.2. The quantitative estimate of drug-likeness (QED) is 0.863. The lowest BCUT2D eigenvalue weighted by Crippen LogP contribution is -2.30. The number of para-hydroxylation sites is 1. The highest BCUT2D eigenvalue weighted by Gasteiger charge is 2.19. The first-order valence-corrected chi connectivity index (χ1v) is 7.12. The van der Waals surface area contributed by atoms with Crippen LogP contribution in [-0.4, -0.2) is 30.7 Å². The maximum atomic E-state index is 12.2. The number of aliphatic hydroxyl groups excluding tert-OH is 1. The zero-order chi connectivity index (χ0) is 13.3. The van der Waals surface area contributed by atoms with E-state index in [1.54, 1.807) is 23.7 Å². The van der Waals surface area contributed by atoms with Crippen LogP contribution in [0.2, 0.25) is 0 Å². The number of fused-ring (bicyclic) bond motifs is 1. The molecule has 0 amide bonds. The third-order valence-corrected chi connectivity index (χ3v) is 4.17. The van der Waals surface area contributed by atoms with Gasteiger partial charge in [0.25, 0.3) is 0 Å². The van der Waals surface area contributed by atoms with Gasteiger partial charge in [0.05, 0.1) is 11.6 Å². The monoisotopic (exact) mass is 268 g/mol. The summed E-state index contributed by atoms with van der Waals surface area (Å²) in [7, 11) is -1.80. The Kier molecular flexibility index (Phi) is 3.43. The zero-order valence-corrected chi connectivity index (χ0v) is 11.1. The third-order valence-electron chi connectivity index (χ3n) is 2.72. The molecule has 5 nitrogen and oxygen atoms in total. The van der Waals surface area contributed by atoms with Crippen LogP contribution in [0.5, 0.6) is 0 Å². The summed E-state index contributed by atoms with van der Waals surface area (Å²) < 4.78 is 28.5. The van der Waals surface area contributed by atoms with Crippen molar-refractivity contribution in [1.82, 2.24) is 9.29 Å². The summed E-state index contributed by atoms with van der Waals surface area (Å²) in [5, 5.41) is 10.0. The van der Waals surface area contributed by atoms with Crippen LogP contribution in [0.25, 0.3) is 10.9 Å². The van der Waals surface area contributed by atoms with Gasteiger partial charge in [-0.2, -0.15) is 0 Å². The van der Waals surface area contributed by atoms with Crippen molar-refractivity contribution < 1.29 is 13.5 Å². The average Bonchev–Trinajstić information content (AvgIpc) is 2.69. The summed E-state index contributed by atoms with van der Waals surface area (Å²) in [6.07, 6.45) is 1.10. The first-order valence-electron chi connectivity index (χ1n) is 5.63. The topological polar surface area (TPSA) is 71.3 Å². The largest absolute Gasteiger partial charge is 0.392 e. The lowest BCUT2D eigenvalue weighted by Gasteiger charge is -2.10. The number of sulfonamides is 1. The molecule has 0 aliphatic heterocycles. The third kappa shape index (κ3) is 2.40. The van der Waals surface area contributed by atoms with E-state index in [2.05, 4.69) is 4.72 Å². The van der Waals surface area contributed by atoms with E-state index in [-0.39, 0.29) is 11.4 Å². The molecule has 2 aromatic rings. The normalized spacial score (nSPS) is 13.9. The van der Waals surface area contributed by atoms with E-state index >= 15 is 0 Å². The van der Waals surface area contributed by atoms with Crippen LogP contribution in [0, 0.1) is 0 Å². The van der Waals surface area contributed by atoms with Gasteiger partial charge < -0.3 is 9.67 Å². The Morgan fingerprint density at radius 3 is 2.78 bits per heavy atom. The van der Waals surface area contributed by atoms with Crippen molar-refractivity contribution in [2.45, 2.75) is 17.9 Å². The summed E-state index contributed by atoms with van der Waals surface area (Å²) in [5.74, 6) is 0. The van der Waals surface area contributed by atoms with Crippen LogP contribution < -0.4 is 4.72 Å². The summed E-state index contributed by atoms with van der Waals surface area (Å²) in [4.78, 5) is 0.230. The highest BCUT2D eigenvalue weighted by molar-refractivity contribution is 7.89. The summed E-state index contributed by atoms with van der Waals surface area (Å²) in [5.41, 5.74) is 0.663. The fourth-order valence-electron chi connectivity index (χ4n) is 1.84. The van der Waals surface area contributed by atoms with Gasteiger partial charge >= 0.3 is 0 Å². The molecule has 1 heterocycles. The number of nitrogens with zero attached hydrogens (tertiary/aromatic N) is 1. The minimum absolute atomic E-state index is 0.00312. The fraction of sp³-hybridized carbons (Fsp3) is 0.333. The van der Waals surface area contributed by atoms with Gasteiger partial charge in [-0.1, -0.05) is 12.1 Å². The van der Waals surface area contributed by atoms with Crippen molar-refractivity contribution >= 4 is 20.9 Å². The molecule has 0 radical (unpaired) electrons. The first-order chi connectivity index (χ1) is 8.42. The molecule has 0 aliphatic rings. The standard InChI is InChI=1S/C12H16N2O3S/c1-9(15)8-13-18(16,17)11-5-3-4-10-6-7-14(2)12(10)11/h3-7,9,13,15H,8H2,1-2H3/t9-/m1/s1. The van der Waals surface area contributed by atoms with E-state index in [9.17, 15) is 8.42 Å². The van der Waals surface area contributed by atoms with Gasteiger partial charge in [0, 0.05) is 25.2 Å². The van der Waals surface area contributed by atoms with Crippen molar-refractivity contribution in [1.29, 1.82) is 0 Å². The van der Waals surface area contributed by atoms with E-state index in [1.165, 1.54) is 6.92 Å². The van der Waals surface area contributed by atoms with Gasteiger partial charge in [-0.05, 0) is 19.1 Å². The molecule has 1 aromatic heterocycles. The van der Waals surface area contributed by atoms with Crippen molar-refractivity contribution in [2.24, 2.45) is 7.05 Å². The number of aryl methyl sites for hydroxylation is 1. The van der Waals surface area contributed by atoms with Crippen molar-refractivity contribution in [3.05, 3.63) is 30.5 Å². The van der Waals surface area contributed by atoms with Crippen LogP contribution >= 0.6 is 0 Å². The molecular weight excluding hydrogens is 252 g/mol. The highest BCUT2D eigenvalue weighted by atomic mass is 32.2. The van der Waals surface area contributed by atoms with Gasteiger partial charge in [-0.3, -0.25) is 0 Å². The van der Waals surface area contributed by atoms with Gasteiger partial charge in [0.1, 0.15) is 4.90 Å². The Balaban J connectivity index is 2.50. The van der Waals surface area contributed by atoms with Gasteiger partial charge in [-0.15, -0.1) is 0 Å². The highest BCUT2D eigenvalue weighted by Crippen LogP contribution is 2.23. The SMILES string of the molecule is C[C@@H](O)CNS(=O)(=O)c1cccc2ccn(C)c12. The molecule has 2 N–H and O–H groups in total. The van der Waals surface area contributed by atoms with Gasteiger partial charge in [0.15, 0.2) is 0 Å². The second kappa shape index (κ2) is 4.72. The molecule has 0 aliphatic carbocycles. The zero-order valence-electron chi connectivity index (χ0n) is 10.3. The minimum atomic E-state index is -3.61. The Labute approximate surface area is 106 Å². The fourth-order valence-corrected chi connectivity index (χ4v) is 3.23. The van der Waals surface area contributed by atoms with Crippen LogP contribution in [0.1, 0.15) is 6.92 Å². The van der Waals surface area contributed by atoms with E-state index in [0.717, 1.165) is 5.39 Å². The average molecular weight is 268 g/mol. The first kappa shape index (κ1) is 13.1. The predicted molar refractivity (Wildman–Crippen MR) is 69.8 cm³/mol. The Morgan fingerprint density at radius 2 is 2.11 bits per heavy atom. The molecule has 2 rings (SSSR count). The second-order valence-corrected chi connectivity index (χ2v) is 6.06. The van der Waals surface area contributed by atoms with Gasteiger partial charge in [-0.25, -0.2) is 13.1 Å². The second-order valence-electron chi connectivity index (χ2n) is 4.32. The molecular formula is C12H16N2O3S. The molecule has 0 bridgehead atoms. The summed E-state index contributed by atoms with van der Waals surface area (Å²) >= 11 is 0. The maximum Gasteiger partial charge on any atom is 0.242 e. The van der Waals surface area contributed by atoms with Crippen LogP contribution in [0.4, 0.5) is 0 Å². The van der Waals surface area contributed by atoms with Crippen LogP contribution in [0.15, 0.2) is 35.4 Å².